The predicted octanol–water partition coefficient (Wildman–Crippen LogP) is 9.42. The minimum atomic E-state index is 0.523. The van der Waals surface area contributed by atoms with Crippen LogP contribution in [0, 0.1) is 0 Å². The van der Waals surface area contributed by atoms with Crippen LogP contribution >= 0.6 is 0 Å². The second-order valence-electron chi connectivity index (χ2n) is 15.1. The summed E-state index contributed by atoms with van der Waals surface area (Å²) >= 11 is 0. The molecule has 0 amide bonds. The molecule has 59 heavy (non-hydrogen) atoms. The van der Waals surface area contributed by atoms with Gasteiger partial charge in [0.25, 0.3) is 0 Å². The van der Waals surface area contributed by atoms with E-state index in [1.807, 2.05) is 0 Å². The van der Waals surface area contributed by atoms with Crippen molar-refractivity contribution in [3.8, 4) is 0 Å². The monoisotopic (exact) mass is 853 g/mol. The maximum absolute atomic E-state index is 5.67. The van der Waals surface area contributed by atoms with Crippen molar-refractivity contribution in [2.45, 2.75) is 149 Å². The number of rotatable bonds is 56. The molecule has 12 heteroatoms. The molecule has 0 spiro atoms. The summed E-state index contributed by atoms with van der Waals surface area (Å²) < 4.78 is 66.7. The molecule has 0 N–H and O–H groups in total. The number of hydrogen-bond acceptors (Lipinski definition) is 12. The second-order valence-corrected chi connectivity index (χ2v) is 15.1. The molecule has 12 nitrogen and oxygen atoms in total. The number of unbranched alkanes of at least 4 members (excludes halogenated alkanes) is 19. The lowest BCUT2D eigenvalue weighted by Crippen LogP contribution is -2.15. The smallest absolute Gasteiger partial charge is 0.0701 e. The van der Waals surface area contributed by atoms with E-state index in [4.69, 9.17) is 56.8 Å². The van der Waals surface area contributed by atoms with E-state index < -0.39 is 0 Å². The SMILES string of the molecule is CCCCCCCCCCCCCOCCOCCOCCOCCOCCOCCOCCOCCOCCOCCOCCOCCCCCCCCCCCC. The molecule has 0 aliphatic heterocycles. The zero-order chi connectivity index (χ0) is 42.3. The summed E-state index contributed by atoms with van der Waals surface area (Å²) in [6.07, 6.45) is 28.3. The molecule has 0 aliphatic rings. The van der Waals surface area contributed by atoms with Gasteiger partial charge in [-0.1, -0.05) is 136 Å². The first-order valence-electron chi connectivity index (χ1n) is 24.3. The van der Waals surface area contributed by atoms with E-state index in [2.05, 4.69) is 13.8 Å². The summed E-state index contributed by atoms with van der Waals surface area (Å²) in [6, 6.07) is 0. The van der Waals surface area contributed by atoms with Gasteiger partial charge in [0.05, 0.1) is 145 Å². The molecule has 0 atom stereocenters. The van der Waals surface area contributed by atoms with Gasteiger partial charge in [-0.2, -0.15) is 0 Å². The van der Waals surface area contributed by atoms with Gasteiger partial charge in [0.15, 0.2) is 0 Å². The Balaban J connectivity index is 3.06. The Morgan fingerprint density at radius 1 is 0.136 bits per heavy atom. The molecule has 0 radical (unpaired) electrons. The molecule has 0 fully saturated rings. The van der Waals surface area contributed by atoms with Crippen LogP contribution in [0.4, 0.5) is 0 Å². The van der Waals surface area contributed by atoms with E-state index in [0.29, 0.717) is 145 Å². The topological polar surface area (TPSA) is 111 Å². The molecule has 0 saturated carbocycles. The Labute approximate surface area is 363 Å². The Hall–Kier alpha value is -0.480. The van der Waals surface area contributed by atoms with Crippen LogP contribution in [-0.4, -0.2) is 159 Å². The molecular formula is C47H96O12. The van der Waals surface area contributed by atoms with Crippen molar-refractivity contribution in [3.63, 3.8) is 0 Å². The van der Waals surface area contributed by atoms with Crippen molar-refractivity contribution in [1.82, 2.24) is 0 Å². The summed E-state index contributed by atoms with van der Waals surface area (Å²) in [5.74, 6) is 0. The molecule has 0 bridgehead atoms. The van der Waals surface area contributed by atoms with Crippen LogP contribution in [0.2, 0.25) is 0 Å². The quantitative estimate of drug-likeness (QED) is 0.0544. The summed E-state index contributed by atoms with van der Waals surface area (Å²) in [6.45, 7) is 18.4. The van der Waals surface area contributed by atoms with E-state index in [9.17, 15) is 0 Å². The van der Waals surface area contributed by atoms with Crippen molar-refractivity contribution >= 4 is 0 Å². The second kappa shape index (κ2) is 57.5. The number of ether oxygens (including phenoxy) is 12. The highest BCUT2D eigenvalue weighted by Gasteiger charge is 1.99. The first-order chi connectivity index (χ1) is 29.4. The third kappa shape index (κ3) is 57.5. The highest BCUT2D eigenvalue weighted by atomic mass is 16.6. The molecule has 0 heterocycles. The Morgan fingerprint density at radius 2 is 0.254 bits per heavy atom. The molecular weight excluding hydrogens is 757 g/mol. The fourth-order valence-electron chi connectivity index (χ4n) is 6.08. The van der Waals surface area contributed by atoms with Crippen molar-refractivity contribution in [2.75, 3.05) is 159 Å². The fourth-order valence-corrected chi connectivity index (χ4v) is 6.08. The summed E-state index contributed by atoms with van der Waals surface area (Å²) in [4.78, 5) is 0. The standard InChI is InChI=1S/C47H96O12/c1-3-5-7-9-11-13-15-17-19-21-23-25-49-27-29-51-31-33-53-35-37-55-39-41-57-43-45-59-47-46-58-44-42-56-40-38-54-36-34-52-32-30-50-28-26-48-24-22-20-18-16-14-12-10-8-6-4-2/h3-47H2,1-2H3. The minimum absolute atomic E-state index is 0.523. The van der Waals surface area contributed by atoms with Crippen molar-refractivity contribution in [1.29, 1.82) is 0 Å². The van der Waals surface area contributed by atoms with Gasteiger partial charge >= 0.3 is 0 Å². The molecule has 0 unspecified atom stereocenters. The van der Waals surface area contributed by atoms with Gasteiger partial charge < -0.3 is 56.8 Å². The Bertz CT molecular complexity index is 652. The van der Waals surface area contributed by atoms with Crippen LogP contribution in [0.25, 0.3) is 0 Å². The zero-order valence-corrected chi connectivity index (χ0v) is 38.7. The van der Waals surface area contributed by atoms with Gasteiger partial charge in [-0.05, 0) is 12.8 Å². The molecule has 0 aliphatic carbocycles. The largest absolute Gasteiger partial charge is 0.379 e. The lowest BCUT2D eigenvalue weighted by molar-refractivity contribution is -0.0284. The first-order valence-corrected chi connectivity index (χ1v) is 24.3. The van der Waals surface area contributed by atoms with E-state index in [1.54, 1.807) is 0 Å². The van der Waals surface area contributed by atoms with Crippen molar-refractivity contribution in [3.05, 3.63) is 0 Å². The lowest BCUT2D eigenvalue weighted by atomic mass is 10.1. The maximum atomic E-state index is 5.67. The lowest BCUT2D eigenvalue weighted by Gasteiger charge is -2.09. The van der Waals surface area contributed by atoms with E-state index in [1.165, 1.54) is 122 Å². The molecule has 0 saturated heterocycles. The Morgan fingerprint density at radius 3 is 0.407 bits per heavy atom. The average molecular weight is 853 g/mol. The first kappa shape index (κ1) is 58.5. The third-order valence-corrected chi connectivity index (χ3v) is 9.63. The van der Waals surface area contributed by atoms with Crippen LogP contribution in [0.15, 0.2) is 0 Å². The molecule has 356 valence electrons. The average Bonchev–Trinajstić information content (AvgIpc) is 3.25. The van der Waals surface area contributed by atoms with Gasteiger partial charge in [0, 0.05) is 13.2 Å². The molecule has 0 rings (SSSR count). The van der Waals surface area contributed by atoms with Crippen molar-refractivity contribution < 1.29 is 56.8 Å². The van der Waals surface area contributed by atoms with Crippen LogP contribution in [0.5, 0.6) is 0 Å². The molecule has 0 aromatic rings. The highest BCUT2D eigenvalue weighted by molar-refractivity contribution is 4.49. The predicted molar refractivity (Wildman–Crippen MR) is 238 cm³/mol. The van der Waals surface area contributed by atoms with Gasteiger partial charge in [-0.25, -0.2) is 0 Å². The fraction of sp³-hybridized carbons (Fsp3) is 1.00. The van der Waals surface area contributed by atoms with Gasteiger partial charge in [-0.15, -0.1) is 0 Å². The summed E-state index contributed by atoms with van der Waals surface area (Å²) in [7, 11) is 0. The van der Waals surface area contributed by atoms with E-state index in [-0.39, 0.29) is 0 Å². The highest BCUT2D eigenvalue weighted by Crippen LogP contribution is 2.12. The Kier molecular flexibility index (Phi) is 57.1. The van der Waals surface area contributed by atoms with Crippen LogP contribution in [-0.2, 0) is 56.8 Å². The van der Waals surface area contributed by atoms with Gasteiger partial charge in [0.1, 0.15) is 0 Å². The molecule has 0 aromatic heterocycles. The number of hydrogen-bond donors (Lipinski definition) is 0. The van der Waals surface area contributed by atoms with Crippen LogP contribution < -0.4 is 0 Å². The van der Waals surface area contributed by atoms with Crippen LogP contribution in [0.1, 0.15) is 149 Å². The van der Waals surface area contributed by atoms with E-state index in [0.717, 1.165) is 26.1 Å². The van der Waals surface area contributed by atoms with Gasteiger partial charge in [0.2, 0.25) is 0 Å². The maximum Gasteiger partial charge on any atom is 0.0701 e. The van der Waals surface area contributed by atoms with Gasteiger partial charge in [-0.3, -0.25) is 0 Å². The zero-order valence-electron chi connectivity index (χ0n) is 38.7. The normalized spacial score (nSPS) is 11.7. The molecule has 0 aromatic carbocycles. The minimum Gasteiger partial charge on any atom is -0.379 e. The van der Waals surface area contributed by atoms with E-state index >= 15 is 0 Å². The summed E-state index contributed by atoms with van der Waals surface area (Å²) in [5.41, 5.74) is 0. The summed E-state index contributed by atoms with van der Waals surface area (Å²) in [5, 5.41) is 0. The third-order valence-electron chi connectivity index (χ3n) is 9.63. The van der Waals surface area contributed by atoms with Crippen molar-refractivity contribution in [2.24, 2.45) is 0 Å². The van der Waals surface area contributed by atoms with Crippen LogP contribution in [0.3, 0.4) is 0 Å².